The third-order valence-corrected chi connectivity index (χ3v) is 4.00. The van der Waals surface area contributed by atoms with E-state index in [0.717, 1.165) is 30.5 Å². The predicted molar refractivity (Wildman–Crippen MR) is 59.8 cm³/mol. The highest BCUT2D eigenvalue weighted by molar-refractivity contribution is 5.32. The minimum Gasteiger partial charge on any atom is -0.373 e. The molecule has 3 rings (SSSR count). The van der Waals surface area contributed by atoms with Crippen molar-refractivity contribution in [2.45, 2.75) is 43.2 Å². The first-order chi connectivity index (χ1) is 8.39. The summed E-state index contributed by atoms with van der Waals surface area (Å²) in [5.41, 5.74) is 5.80. The zero-order valence-electron chi connectivity index (χ0n) is 9.70. The molecule has 2 bridgehead atoms. The molecule has 2 nitrogen and oxygen atoms in total. The summed E-state index contributed by atoms with van der Waals surface area (Å²) in [6.45, 7) is 0. The maximum absolute atomic E-state index is 12.5. The topological polar surface area (TPSA) is 35.2 Å². The van der Waals surface area contributed by atoms with Crippen molar-refractivity contribution in [3.05, 3.63) is 35.4 Å². The molecule has 2 fully saturated rings. The largest absolute Gasteiger partial charge is 0.416 e. The summed E-state index contributed by atoms with van der Waals surface area (Å²) in [7, 11) is 0. The molecule has 1 aromatic rings. The Balaban J connectivity index is 1.90. The lowest BCUT2D eigenvalue weighted by atomic mass is 9.77. The lowest BCUT2D eigenvalue weighted by Gasteiger charge is -2.31. The Morgan fingerprint density at radius 2 is 1.83 bits per heavy atom. The van der Waals surface area contributed by atoms with Crippen molar-refractivity contribution < 1.29 is 17.9 Å². The lowest BCUT2D eigenvalue weighted by Crippen LogP contribution is -2.45. The molecule has 2 saturated heterocycles. The van der Waals surface area contributed by atoms with Crippen molar-refractivity contribution in [3.63, 3.8) is 0 Å². The van der Waals surface area contributed by atoms with Crippen LogP contribution >= 0.6 is 0 Å². The first-order valence-electron chi connectivity index (χ1n) is 6.02. The van der Waals surface area contributed by atoms with E-state index in [1.807, 2.05) is 0 Å². The smallest absolute Gasteiger partial charge is 0.373 e. The molecule has 0 amide bonds. The van der Waals surface area contributed by atoms with Crippen molar-refractivity contribution in [1.82, 2.24) is 0 Å². The number of hydrogen-bond acceptors (Lipinski definition) is 2. The van der Waals surface area contributed by atoms with Gasteiger partial charge in [-0.2, -0.15) is 13.2 Å². The van der Waals surface area contributed by atoms with Gasteiger partial charge in [0.15, 0.2) is 0 Å². The fourth-order valence-electron chi connectivity index (χ4n) is 3.02. The van der Waals surface area contributed by atoms with E-state index in [-0.39, 0.29) is 12.2 Å². The number of alkyl halides is 3. The van der Waals surface area contributed by atoms with Gasteiger partial charge in [-0.15, -0.1) is 0 Å². The van der Waals surface area contributed by atoms with Crippen molar-refractivity contribution in [2.24, 2.45) is 5.73 Å². The van der Waals surface area contributed by atoms with Gasteiger partial charge in [-0.3, -0.25) is 0 Å². The second-order valence-electron chi connectivity index (χ2n) is 5.14. The van der Waals surface area contributed by atoms with Gasteiger partial charge in [0.2, 0.25) is 0 Å². The summed E-state index contributed by atoms with van der Waals surface area (Å²) >= 11 is 0. The fourth-order valence-corrected chi connectivity index (χ4v) is 3.02. The number of ether oxygens (including phenoxy) is 1. The number of halogens is 3. The second kappa shape index (κ2) is 3.71. The number of rotatable bonds is 1. The van der Waals surface area contributed by atoms with E-state index in [0.29, 0.717) is 6.42 Å². The lowest BCUT2D eigenvalue weighted by molar-refractivity contribution is -0.137. The van der Waals surface area contributed by atoms with Crippen LogP contribution in [0.5, 0.6) is 0 Å². The van der Waals surface area contributed by atoms with Gasteiger partial charge >= 0.3 is 6.18 Å². The molecule has 0 radical (unpaired) electrons. The Kier molecular flexibility index (Phi) is 2.47. The van der Waals surface area contributed by atoms with Gasteiger partial charge < -0.3 is 10.5 Å². The van der Waals surface area contributed by atoms with E-state index in [9.17, 15) is 13.2 Å². The van der Waals surface area contributed by atoms with E-state index in [1.165, 1.54) is 12.1 Å². The Morgan fingerprint density at radius 1 is 1.17 bits per heavy atom. The van der Waals surface area contributed by atoms with E-state index in [2.05, 4.69) is 0 Å². The van der Waals surface area contributed by atoms with Crippen LogP contribution < -0.4 is 5.73 Å². The Hall–Kier alpha value is -1.07. The van der Waals surface area contributed by atoms with Crippen LogP contribution in [0.3, 0.4) is 0 Å². The first kappa shape index (κ1) is 12.0. The summed E-state index contributed by atoms with van der Waals surface area (Å²) in [4.78, 5) is 0. The molecular formula is C13H14F3NO. The highest BCUT2D eigenvalue weighted by atomic mass is 19.4. The van der Waals surface area contributed by atoms with E-state index >= 15 is 0 Å². The van der Waals surface area contributed by atoms with E-state index in [1.54, 1.807) is 0 Å². The van der Waals surface area contributed by atoms with Crippen LogP contribution in [0.25, 0.3) is 0 Å². The van der Waals surface area contributed by atoms with Gasteiger partial charge in [-0.25, -0.2) is 0 Å². The van der Waals surface area contributed by atoms with Crippen molar-refractivity contribution in [2.75, 3.05) is 0 Å². The summed E-state index contributed by atoms with van der Waals surface area (Å²) < 4.78 is 43.2. The summed E-state index contributed by atoms with van der Waals surface area (Å²) in [6, 6.07) is 5.14. The highest BCUT2D eigenvalue weighted by Gasteiger charge is 2.51. The molecule has 18 heavy (non-hydrogen) atoms. The standard InChI is InChI=1S/C13H14F3NO/c14-13(15,16)9-3-1-8(2-4-9)12(17)7-10-5-6-11(12)18-10/h1-4,10-11H,5-7,17H2. The minimum absolute atomic E-state index is 0.0563. The molecule has 2 N–H and O–H groups in total. The second-order valence-corrected chi connectivity index (χ2v) is 5.14. The number of nitrogens with two attached hydrogens (primary N) is 1. The third kappa shape index (κ3) is 1.73. The van der Waals surface area contributed by atoms with Crippen LogP contribution in [0.1, 0.15) is 30.4 Å². The zero-order chi connectivity index (χ0) is 13.0. The Labute approximate surface area is 103 Å². The first-order valence-corrected chi connectivity index (χ1v) is 6.02. The fraction of sp³-hybridized carbons (Fsp3) is 0.538. The van der Waals surface area contributed by atoms with Gasteiger partial charge in [0.1, 0.15) is 0 Å². The average molecular weight is 257 g/mol. The van der Waals surface area contributed by atoms with Crippen molar-refractivity contribution in [3.8, 4) is 0 Å². The maximum Gasteiger partial charge on any atom is 0.416 e. The van der Waals surface area contributed by atoms with E-state index in [4.69, 9.17) is 10.5 Å². The Bertz CT molecular complexity index is 456. The molecule has 2 aliphatic rings. The van der Waals surface area contributed by atoms with Gasteiger partial charge in [-0.1, -0.05) is 12.1 Å². The van der Waals surface area contributed by atoms with Crippen molar-refractivity contribution >= 4 is 0 Å². The SMILES string of the molecule is NC1(c2ccc(C(F)(F)F)cc2)CC2CCC1O2. The molecule has 0 spiro atoms. The average Bonchev–Trinajstić information content (AvgIpc) is 2.88. The number of benzene rings is 1. The Morgan fingerprint density at radius 3 is 2.28 bits per heavy atom. The number of hydrogen-bond donors (Lipinski definition) is 1. The van der Waals surface area contributed by atoms with Gasteiger partial charge in [0, 0.05) is 0 Å². The van der Waals surface area contributed by atoms with Crippen LogP contribution in [0.15, 0.2) is 24.3 Å². The summed E-state index contributed by atoms with van der Waals surface area (Å²) in [6.07, 6.45) is -1.59. The molecule has 0 aromatic heterocycles. The zero-order valence-corrected chi connectivity index (χ0v) is 9.70. The predicted octanol–water partition coefficient (Wildman–Crippen LogP) is 2.81. The van der Waals surface area contributed by atoms with Crippen LogP contribution in [0.2, 0.25) is 0 Å². The van der Waals surface area contributed by atoms with E-state index < -0.39 is 17.3 Å². The van der Waals surface area contributed by atoms with Crippen molar-refractivity contribution in [1.29, 1.82) is 0 Å². The summed E-state index contributed by atoms with van der Waals surface area (Å²) in [5, 5.41) is 0. The molecule has 3 unspecified atom stereocenters. The molecule has 3 atom stereocenters. The quantitative estimate of drug-likeness (QED) is 0.839. The molecule has 0 aliphatic carbocycles. The van der Waals surface area contributed by atoms with Gasteiger partial charge in [-0.05, 0) is 37.0 Å². The molecule has 1 aromatic carbocycles. The van der Waals surface area contributed by atoms with Crippen LogP contribution in [0.4, 0.5) is 13.2 Å². The highest BCUT2D eigenvalue weighted by Crippen LogP contribution is 2.46. The monoisotopic (exact) mass is 257 g/mol. The van der Waals surface area contributed by atoms with Crippen LogP contribution in [-0.2, 0) is 16.5 Å². The normalized spacial score (nSPS) is 35.1. The number of fused-ring (bicyclic) bond motifs is 2. The minimum atomic E-state index is -4.30. The molecule has 0 saturated carbocycles. The third-order valence-electron chi connectivity index (χ3n) is 4.00. The van der Waals surface area contributed by atoms with Crippen LogP contribution in [-0.4, -0.2) is 12.2 Å². The molecule has 2 aliphatic heterocycles. The molecule has 98 valence electrons. The summed E-state index contributed by atoms with van der Waals surface area (Å²) in [5.74, 6) is 0. The molecule has 2 heterocycles. The van der Waals surface area contributed by atoms with Gasteiger partial charge in [0.05, 0.1) is 23.3 Å². The molecule has 5 heteroatoms. The maximum atomic E-state index is 12.5. The van der Waals surface area contributed by atoms with Crippen LogP contribution in [0, 0.1) is 0 Å². The van der Waals surface area contributed by atoms with Gasteiger partial charge in [0.25, 0.3) is 0 Å². The molecular weight excluding hydrogens is 243 g/mol.